The minimum Gasteiger partial charge on any atom is -0.489 e. The topological polar surface area (TPSA) is 85.9 Å². The monoisotopic (exact) mass is 550 g/mol. The summed E-state index contributed by atoms with van der Waals surface area (Å²) in [6.45, 7) is 17.4. The van der Waals surface area contributed by atoms with Gasteiger partial charge in [0.25, 0.3) is 0 Å². The Morgan fingerprint density at radius 1 is 0.625 bits per heavy atom. The van der Waals surface area contributed by atoms with Gasteiger partial charge >= 0.3 is 11.9 Å². The van der Waals surface area contributed by atoms with Crippen LogP contribution in [-0.2, 0) is 16.1 Å². The second kappa shape index (κ2) is 11.2. The van der Waals surface area contributed by atoms with Gasteiger partial charge in [-0.15, -0.1) is 0 Å². The molecule has 4 rings (SSSR count). The van der Waals surface area contributed by atoms with Crippen LogP contribution in [0.25, 0.3) is 0 Å². The summed E-state index contributed by atoms with van der Waals surface area (Å²) < 4.78 is 17.6. The summed E-state index contributed by atoms with van der Waals surface area (Å²) in [5, 5.41) is 7.22. The van der Waals surface area contributed by atoms with E-state index in [1.54, 1.807) is 36.4 Å². The summed E-state index contributed by atoms with van der Waals surface area (Å²) in [5.74, 6) is 0.0366. The summed E-state index contributed by atoms with van der Waals surface area (Å²) in [6, 6.07) is 14.3. The van der Waals surface area contributed by atoms with Crippen molar-refractivity contribution in [2.45, 2.75) is 122 Å². The van der Waals surface area contributed by atoms with Gasteiger partial charge in [0.2, 0.25) is 0 Å². The van der Waals surface area contributed by atoms with Crippen LogP contribution in [0.1, 0.15) is 107 Å². The Labute approximate surface area is 239 Å². The van der Waals surface area contributed by atoms with Crippen LogP contribution in [0.5, 0.6) is 5.75 Å². The van der Waals surface area contributed by atoms with Crippen LogP contribution in [0.4, 0.5) is 0 Å². The van der Waals surface area contributed by atoms with Crippen molar-refractivity contribution in [3.63, 3.8) is 0 Å². The van der Waals surface area contributed by atoms with Gasteiger partial charge in [-0.05, 0) is 97.4 Å². The van der Waals surface area contributed by atoms with E-state index in [4.69, 9.17) is 14.2 Å². The van der Waals surface area contributed by atoms with E-state index in [0.29, 0.717) is 23.5 Å². The number of hydrogen-bond acceptors (Lipinski definition) is 7. The van der Waals surface area contributed by atoms with Gasteiger partial charge in [-0.1, -0.05) is 12.1 Å². The third-order valence-electron chi connectivity index (χ3n) is 7.54. The van der Waals surface area contributed by atoms with Crippen LogP contribution in [0, 0.1) is 0 Å². The van der Waals surface area contributed by atoms with Crippen LogP contribution in [0.15, 0.2) is 48.5 Å². The van der Waals surface area contributed by atoms with Gasteiger partial charge in [0.1, 0.15) is 24.6 Å². The number of carbonyl (C=O) groups is 2. The molecule has 0 unspecified atom stereocenters. The zero-order chi connectivity index (χ0) is 29.3. The summed E-state index contributed by atoms with van der Waals surface area (Å²) in [4.78, 5) is 25.6. The number of benzene rings is 2. The number of rotatable bonds is 7. The Hall–Kier alpha value is -2.90. The number of carbonyl (C=O) groups excluding carboxylic acids is 2. The van der Waals surface area contributed by atoms with Gasteiger partial charge in [0, 0.05) is 47.8 Å². The first kappa shape index (κ1) is 30.1. The Bertz CT molecular complexity index is 1070. The molecule has 0 saturated carbocycles. The molecule has 2 saturated heterocycles. The van der Waals surface area contributed by atoms with Gasteiger partial charge in [0.15, 0.2) is 0 Å². The highest BCUT2D eigenvalue weighted by atomic mass is 16.5. The summed E-state index contributed by atoms with van der Waals surface area (Å²) in [7, 11) is 0. The molecule has 2 aromatic rings. The maximum atomic E-state index is 12.8. The fraction of sp³-hybridized carbons (Fsp3) is 0.576. The quantitative estimate of drug-likeness (QED) is 0.397. The van der Waals surface area contributed by atoms with Gasteiger partial charge < -0.3 is 24.8 Å². The van der Waals surface area contributed by atoms with E-state index in [0.717, 1.165) is 31.2 Å². The van der Waals surface area contributed by atoms with Crippen molar-refractivity contribution in [2.75, 3.05) is 0 Å². The number of hydrogen-bond donors (Lipinski definition) is 2. The SMILES string of the molecule is CC1(C)CC(OC(=O)c2ccc(COc3ccc(C(=O)OC4CC(C)(C)NC(C)(C)C4)cc3)cc2)CC(C)(C)N1. The number of esters is 2. The van der Waals surface area contributed by atoms with Crippen LogP contribution < -0.4 is 15.4 Å². The van der Waals surface area contributed by atoms with E-state index < -0.39 is 0 Å². The van der Waals surface area contributed by atoms with E-state index >= 15 is 0 Å². The smallest absolute Gasteiger partial charge is 0.338 e. The maximum Gasteiger partial charge on any atom is 0.338 e. The van der Waals surface area contributed by atoms with E-state index in [2.05, 4.69) is 66.0 Å². The van der Waals surface area contributed by atoms with E-state index in [1.165, 1.54) is 0 Å². The molecule has 2 fully saturated rings. The molecule has 7 heteroatoms. The van der Waals surface area contributed by atoms with Crippen molar-refractivity contribution in [3.8, 4) is 5.75 Å². The molecule has 2 aromatic carbocycles. The first-order valence-electron chi connectivity index (χ1n) is 14.3. The number of piperidine rings is 2. The van der Waals surface area contributed by atoms with Crippen LogP contribution in [0.2, 0.25) is 0 Å². The third-order valence-corrected chi connectivity index (χ3v) is 7.54. The maximum absolute atomic E-state index is 12.8. The van der Waals surface area contributed by atoms with Gasteiger partial charge in [-0.3, -0.25) is 0 Å². The lowest BCUT2D eigenvalue weighted by Gasteiger charge is -2.45. The van der Waals surface area contributed by atoms with Crippen molar-refractivity contribution in [1.29, 1.82) is 0 Å². The highest BCUT2D eigenvalue weighted by molar-refractivity contribution is 5.90. The molecule has 40 heavy (non-hydrogen) atoms. The van der Waals surface area contributed by atoms with Crippen LogP contribution >= 0.6 is 0 Å². The molecule has 0 atom stereocenters. The Kier molecular flexibility index (Phi) is 8.40. The zero-order valence-electron chi connectivity index (χ0n) is 25.4. The average molecular weight is 551 g/mol. The van der Waals surface area contributed by atoms with Gasteiger partial charge in [0.05, 0.1) is 11.1 Å². The minimum atomic E-state index is -0.316. The molecule has 2 N–H and O–H groups in total. The molecule has 7 nitrogen and oxygen atoms in total. The third kappa shape index (κ3) is 8.31. The van der Waals surface area contributed by atoms with Crippen LogP contribution in [-0.4, -0.2) is 46.3 Å². The Morgan fingerprint density at radius 3 is 1.35 bits per heavy atom. The normalized spacial score (nSPS) is 21.8. The molecule has 218 valence electrons. The lowest BCUT2D eigenvalue weighted by atomic mass is 9.81. The van der Waals surface area contributed by atoms with Crippen molar-refractivity contribution in [3.05, 3.63) is 65.2 Å². The van der Waals surface area contributed by atoms with E-state index in [-0.39, 0.29) is 46.3 Å². The highest BCUT2D eigenvalue weighted by Crippen LogP contribution is 2.32. The highest BCUT2D eigenvalue weighted by Gasteiger charge is 2.40. The fourth-order valence-electron chi connectivity index (χ4n) is 6.65. The molecule has 0 amide bonds. The van der Waals surface area contributed by atoms with E-state index in [1.807, 2.05) is 12.1 Å². The molecule has 0 spiro atoms. The molecule has 2 heterocycles. The lowest BCUT2D eigenvalue weighted by molar-refractivity contribution is -0.00766. The lowest BCUT2D eigenvalue weighted by Crippen LogP contribution is -2.59. The molecule has 0 aliphatic carbocycles. The largest absolute Gasteiger partial charge is 0.489 e. The second-order valence-electron chi connectivity index (χ2n) is 14.2. The van der Waals surface area contributed by atoms with Crippen molar-refractivity contribution in [1.82, 2.24) is 10.6 Å². The summed E-state index contributed by atoms with van der Waals surface area (Å²) in [5.41, 5.74) is 1.60. The van der Waals surface area contributed by atoms with Crippen molar-refractivity contribution < 1.29 is 23.8 Å². The molecule has 0 bridgehead atoms. The Balaban J connectivity index is 1.27. The Morgan fingerprint density at radius 2 is 0.975 bits per heavy atom. The fourth-order valence-corrected chi connectivity index (χ4v) is 6.65. The van der Waals surface area contributed by atoms with Gasteiger partial charge in [-0.25, -0.2) is 9.59 Å². The molecular weight excluding hydrogens is 504 g/mol. The van der Waals surface area contributed by atoms with E-state index in [9.17, 15) is 9.59 Å². The average Bonchev–Trinajstić information content (AvgIpc) is 2.79. The first-order valence-corrected chi connectivity index (χ1v) is 14.3. The molecule has 0 aromatic heterocycles. The van der Waals surface area contributed by atoms with Gasteiger partial charge in [-0.2, -0.15) is 0 Å². The van der Waals surface area contributed by atoms with Crippen LogP contribution in [0.3, 0.4) is 0 Å². The van der Waals surface area contributed by atoms with Crippen molar-refractivity contribution >= 4 is 11.9 Å². The minimum absolute atomic E-state index is 0.0894. The standard InChI is InChI=1S/C33H46N2O5/c1-30(2)17-26(18-31(3,4)34-30)39-28(36)23-11-9-22(10-12-23)21-38-25-15-13-24(14-16-25)29(37)40-27-19-32(5,6)35-33(7,8)20-27/h9-16,26-27,34-35H,17-21H2,1-8H3. The zero-order valence-corrected chi connectivity index (χ0v) is 25.4. The predicted molar refractivity (Wildman–Crippen MR) is 157 cm³/mol. The van der Waals surface area contributed by atoms with Crippen molar-refractivity contribution in [2.24, 2.45) is 0 Å². The first-order chi connectivity index (χ1) is 18.5. The molecule has 0 radical (unpaired) electrons. The predicted octanol–water partition coefficient (Wildman–Crippen LogP) is 6.20. The summed E-state index contributed by atoms with van der Waals surface area (Å²) in [6.07, 6.45) is 2.84. The molecule has 2 aliphatic heterocycles. The number of nitrogens with one attached hydrogen (secondary N) is 2. The molecule has 2 aliphatic rings. The second-order valence-corrected chi connectivity index (χ2v) is 14.2. The number of ether oxygens (including phenoxy) is 3. The summed E-state index contributed by atoms with van der Waals surface area (Å²) >= 11 is 0. The molecular formula is C33H46N2O5.